The minimum absolute atomic E-state index is 0.183. The normalized spacial score (nSPS) is 16.3. The second-order valence-corrected chi connectivity index (χ2v) is 4.62. The van der Waals surface area contributed by atoms with E-state index in [-0.39, 0.29) is 5.91 Å². The first-order valence-electron chi connectivity index (χ1n) is 6.46. The van der Waals surface area contributed by atoms with Crippen molar-refractivity contribution in [1.82, 2.24) is 9.80 Å². The Kier molecular flexibility index (Phi) is 4.40. The van der Waals surface area contributed by atoms with Gasteiger partial charge in [0.05, 0.1) is 0 Å². The smallest absolute Gasteiger partial charge is 0.219 e. The zero-order valence-electron chi connectivity index (χ0n) is 10.9. The topological polar surface area (TPSA) is 23.6 Å². The first-order valence-corrected chi connectivity index (χ1v) is 6.46. The standard InChI is InChI=1S/C15H20N2O/c1-14(18)17-12-10-16(11-13-17)9-5-8-15-6-3-2-4-7-15/h2-7,9H,8,10-13H2,1H3/b9-5+. The molecule has 1 amide bonds. The molecule has 0 aromatic heterocycles. The average Bonchev–Trinajstić information content (AvgIpc) is 2.40. The summed E-state index contributed by atoms with van der Waals surface area (Å²) < 4.78 is 0. The van der Waals surface area contributed by atoms with Crippen LogP contribution < -0.4 is 0 Å². The third-order valence-electron chi connectivity index (χ3n) is 3.27. The molecule has 0 unspecified atom stereocenters. The molecule has 0 spiro atoms. The molecule has 1 saturated heterocycles. The molecule has 0 N–H and O–H groups in total. The maximum atomic E-state index is 11.2. The molecule has 3 nitrogen and oxygen atoms in total. The van der Waals surface area contributed by atoms with Gasteiger partial charge >= 0.3 is 0 Å². The number of allylic oxidation sites excluding steroid dienone is 1. The minimum Gasteiger partial charge on any atom is -0.374 e. The first-order chi connectivity index (χ1) is 8.75. The summed E-state index contributed by atoms with van der Waals surface area (Å²) in [6.07, 6.45) is 5.32. The van der Waals surface area contributed by atoms with Crippen molar-refractivity contribution in [3.05, 3.63) is 48.2 Å². The van der Waals surface area contributed by atoms with Crippen molar-refractivity contribution in [2.24, 2.45) is 0 Å². The fraction of sp³-hybridized carbons (Fsp3) is 0.400. The molecular formula is C15H20N2O. The number of amides is 1. The molecule has 1 aromatic rings. The lowest BCUT2D eigenvalue weighted by Gasteiger charge is -2.33. The van der Waals surface area contributed by atoms with Crippen molar-refractivity contribution < 1.29 is 4.79 Å². The van der Waals surface area contributed by atoms with Crippen LogP contribution in [0.1, 0.15) is 12.5 Å². The van der Waals surface area contributed by atoms with Gasteiger partial charge in [0.15, 0.2) is 0 Å². The van der Waals surface area contributed by atoms with E-state index in [4.69, 9.17) is 0 Å². The van der Waals surface area contributed by atoms with Crippen LogP contribution in [0.4, 0.5) is 0 Å². The Morgan fingerprint density at radius 2 is 1.83 bits per heavy atom. The summed E-state index contributed by atoms with van der Waals surface area (Å²) in [5.41, 5.74) is 1.33. The largest absolute Gasteiger partial charge is 0.374 e. The van der Waals surface area contributed by atoms with E-state index in [1.807, 2.05) is 11.0 Å². The van der Waals surface area contributed by atoms with Crippen LogP contribution in [0.5, 0.6) is 0 Å². The molecule has 0 bridgehead atoms. The van der Waals surface area contributed by atoms with Gasteiger partial charge in [-0.3, -0.25) is 4.79 Å². The highest BCUT2D eigenvalue weighted by molar-refractivity contribution is 5.73. The second-order valence-electron chi connectivity index (χ2n) is 4.62. The van der Waals surface area contributed by atoms with Crippen molar-refractivity contribution in [3.8, 4) is 0 Å². The summed E-state index contributed by atoms with van der Waals surface area (Å²) in [6.45, 7) is 5.19. The second kappa shape index (κ2) is 6.24. The summed E-state index contributed by atoms with van der Waals surface area (Å²) in [7, 11) is 0. The average molecular weight is 244 g/mol. The lowest BCUT2D eigenvalue weighted by molar-refractivity contribution is -0.130. The number of rotatable bonds is 3. The molecule has 0 saturated carbocycles. The maximum absolute atomic E-state index is 11.2. The van der Waals surface area contributed by atoms with Crippen molar-refractivity contribution in [2.45, 2.75) is 13.3 Å². The number of hydrogen-bond donors (Lipinski definition) is 0. The number of nitrogens with zero attached hydrogens (tertiary/aromatic N) is 2. The van der Waals surface area contributed by atoms with Gasteiger partial charge in [0, 0.05) is 33.1 Å². The SMILES string of the molecule is CC(=O)N1CCN(/C=C/Cc2ccccc2)CC1. The van der Waals surface area contributed by atoms with Crippen molar-refractivity contribution in [2.75, 3.05) is 26.2 Å². The fourth-order valence-corrected chi connectivity index (χ4v) is 2.14. The maximum Gasteiger partial charge on any atom is 0.219 e. The first kappa shape index (κ1) is 12.7. The van der Waals surface area contributed by atoms with Crippen LogP contribution in [0.25, 0.3) is 0 Å². The van der Waals surface area contributed by atoms with E-state index in [9.17, 15) is 4.79 Å². The van der Waals surface area contributed by atoms with E-state index >= 15 is 0 Å². The van der Waals surface area contributed by atoms with Gasteiger partial charge in [0.1, 0.15) is 0 Å². The van der Waals surface area contributed by atoms with Crippen LogP contribution in [0.2, 0.25) is 0 Å². The molecule has 1 aromatic carbocycles. The van der Waals surface area contributed by atoms with Gasteiger partial charge in [-0.25, -0.2) is 0 Å². The predicted octanol–water partition coefficient (Wildman–Crippen LogP) is 1.91. The zero-order chi connectivity index (χ0) is 12.8. The van der Waals surface area contributed by atoms with Gasteiger partial charge in [-0.2, -0.15) is 0 Å². The quantitative estimate of drug-likeness (QED) is 0.811. The Morgan fingerprint density at radius 3 is 2.44 bits per heavy atom. The Labute approximate surface area is 109 Å². The highest BCUT2D eigenvalue weighted by Crippen LogP contribution is 2.04. The van der Waals surface area contributed by atoms with Gasteiger partial charge in [-0.1, -0.05) is 36.4 Å². The number of carbonyl (C=O) groups is 1. The fourth-order valence-electron chi connectivity index (χ4n) is 2.14. The van der Waals surface area contributed by atoms with Gasteiger partial charge in [-0.15, -0.1) is 0 Å². The summed E-state index contributed by atoms with van der Waals surface area (Å²) in [5.74, 6) is 0.183. The summed E-state index contributed by atoms with van der Waals surface area (Å²) in [5, 5.41) is 0. The lowest BCUT2D eigenvalue weighted by Crippen LogP contribution is -2.45. The monoisotopic (exact) mass is 244 g/mol. The number of carbonyl (C=O) groups excluding carboxylic acids is 1. The number of hydrogen-bond acceptors (Lipinski definition) is 2. The minimum atomic E-state index is 0.183. The van der Waals surface area contributed by atoms with Gasteiger partial charge in [0.25, 0.3) is 0 Å². The van der Waals surface area contributed by atoms with E-state index in [0.29, 0.717) is 0 Å². The van der Waals surface area contributed by atoms with Gasteiger partial charge in [0.2, 0.25) is 5.91 Å². The zero-order valence-corrected chi connectivity index (χ0v) is 10.9. The molecule has 0 atom stereocenters. The molecule has 0 radical (unpaired) electrons. The molecule has 0 aliphatic carbocycles. The van der Waals surface area contributed by atoms with Crippen LogP contribution in [-0.2, 0) is 11.2 Å². The Hall–Kier alpha value is -1.77. The van der Waals surface area contributed by atoms with Crippen LogP contribution >= 0.6 is 0 Å². The molecular weight excluding hydrogens is 224 g/mol. The lowest BCUT2D eigenvalue weighted by atomic mass is 10.1. The predicted molar refractivity (Wildman–Crippen MR) is 73.1 cm³/mol. The number of piperazine rings is 1. The summed E-state index contributed by atoms with van der Waals surface area (Å²) >= 11 is 0. The molecule has 1 aliphatic rings. The van der Waals surface area contributed by atoms with E-state index < -0.39 is 0 Å². The van der Waals surface area contributed by atoms with E-state index in [1.54, 1.807) is 6.92 Å². The molecule has 1 fully saturated rings. The highest BCUT2D eigenvalue weighted by atomic mass is 16.2. The Bertz CT molecular complexity index is 406. The van der Waals surface area contributed by atoms with Crippen LogP contribution in [-0.4, -0.2) is 41.9 Å². The van der Waals surface area contributed by atoms with Crippen molar-refractivity contribution >= 4 is 5.91 Å². The third-order valence-corrected chi connectivity index (χ3v) is 3.27. The van der Waals surface area contributed by atoms with Crippen LogP contribution in [0, 0.1) is 0 Å². The van der Waals surface area contributed by atoms with E-state index in [2.05, 4.69) is 41.4 Å². The number of benzene rings is 1. The van der Waals surface area contributed by atoms with Crippen molar-refractivity contribution in [3.63, 3.8) is 0 Å². The summed E-state index contributed by atoms with van der Waals surface area (Å²) in [4.78, 5) is 15.4. The van der Waals surface area contributed by atoms with E-state index in [1.165, 1.54) is 5.56 Å². The third kappa shape index (κ3) is 3.62. The van der Waals surface area contributed by atoms with Gasteiger partial charge in [-0.05, 0) is 18.2 Å². The van der Waals surface area contributed by atoms with Crippen LogP contribution in [0.15, 0.2) is 42.6 Å². The molecule has 3 heteroatoms. The highest BCUT2D eigenvalue weighted by Gasteiger charge is 2.15. The Morgan fingerprint density at radius 1 is 1.17 bits per heavy atom. The summed E-state index contributed by atoms with van der Waals surface area (Å²) in [6, 6.07) is 10.4. The molecule has 96 valence electrons. The molecule has 1 heterocycles. The molecule has 1 aliphatic heterocycles. The Balaban J connectivity index is 1.76. The van der Waals surface area contributed by atoms with Crippen LogP contribution in [0.3, 0.4) is 0 Å². The van der Waals surface area contributed by atoms with E-state index in [0.717, 1.165) is 32.6 Å². The molecule has 18 heavy (non-hydrogen) atoms. The van der Waals surface area contributed by atoms with Crippen molar-refractivity contribution in [1.29, 1.82) is 0 Å². The molecule has 2 rings (SSSR count). The van der Waals surface area contributed by atoms with Gasteiger partial charge < -0.3 is 9.80 Å².